The maximum atomic E-state index is 5.99. The summed E-state index contributed by atoms with van der Waals surface area (Å²) in [7, 11) is 1.80. The van der Waals surface area contributed by atoms with Gasteiger partial charge in [0.15, 0.2) is 0 Å². The topological polar surface area (TPSA) is 38.4 Å². The van der Waals surface area contributed by atoms with Crippen LogP contribution in [0.15, 0.2) is 41.4 Å². The molecule has 0 aromatic heterocycles. The third-order valence-corrected chi connectivity index (χ3v) is 2.26. The summed E-state index contributed by atoms with van der Waals surface area (Å²) in [5.41, 5.74) is 8.82. The van der Waals surface area contributed by atoms with E-state index in [1.807, 2.05) is 36.4 Å². The summed E-state index contributed by atoms with van der Waals surface area (Å²) >= 11 is 0. The average Bonchev–Trinajstić information content (AvgIpc) is 2.26. The quantitative estimate of drug-likeness (QED) is 0.752. The lowest BCUT2D eigenvalue weighted by molar-refractivity contribution is 0.886. The van der Waals surface area contributed by atoms with Crippen molar-refractivity contribution in [2.45, 2.75) is 13.8 Å². The first-order chi connectivity index (χ1) is 7.15. The van der Waals surface area contributed by atoms with Gasteiger partial charge in [0.1, 0.15) is 0 Å². The molecule has 0 amide bonds. The zero-order chi connectivity index (χ0) is 11.3. The molecule has 0 bridgehead atoms. The molecule has 0 spiro atoms. The second kappa shape index (κ2) is 5.35. The van der Waals surface area contributed by atoms with Crippen LogP contribution >= 0.6 is 0 Å². The van der Waals surface area contributed by atoms with Gasteiger partial charge >= 0.3 is 0 Å². The van der Waals surface area contributed by atoms with Crippen molar-refractivity contribution in [1.82, 2.24) is 0 Å². The highest BCUT2D eigenvalue weighted by molar-refractivity contribution is 6.01. The van der Waals surface area contributed by atoms with Gasteiger partial charge in [-0.1, -0.05) is 44.2 Å². The summed E-state index contributed by atoms with van der Waals surface area (Å²) in [6.45, 7) is 4.22. The summed E-state index contributed by atoms with van der Waals surface area (Å²) in [5.74, 6) is 0.400. The molecule has 15 heavy (non-hydrogen) atoms. The van der Waals surface area contributed by atoms with Crippen molar-refractivity contribution in [3.63, 3.8) is 0 Å². The lowest BCUT2D eigenvalue weighted by atomic mass is 10.0. The fraction of sp³-hybridized carbons (Fsp3) is 0.308. The Labute approximate surface area is 91.5 Å². The van der Waals surface area contributed by atoms with Gasteiger partial charge in [-0.2, -0.15) is 0 Å². The highest BCUT2D eigenvalue weighted by atomic mass is 14.7. The lowest BCUT2D eigenvalue weighted by Gasteiger charge is -2.06. The van der Waals surface area contributed by atoms with E-state index in [-0.39, 0.29) is 0 Å². The normalized spacial score (nSPS) is 13.3. The molecule has 2 N–H and O–H groups in total. The molecule has 0 unspecified atom stereocenters. The number of hydrogen-bond acceptors (Lipinski definition) is 2. The zero-order valence-corrected chi connectivity index (χ0v) is 9.57. The Hall–Kier alpha value is -1.57. The number of allylic oxidation sites excluding steroid dienone is 1. The van der Waals surface area contributed by atoms with Gasteiger partial charge in [0.05, 0.1) is 0 Å². The summed E-state index contributed by atoms with van der Waals surface area (Å²) < 4.78 is 0. The molecule has 1 aromatic rings. The molecule has 0 heterocycles. The van der Waals surface area contributed by atoms with Gasteiger partial charge in [-0.3, -0.25) is 4.99 Å². The van der Waals surface area contributed by atoms with Crippen LogP contribution in [0.25, 0.3) is 5.70 Å². The number of nitrogens with zero attached hydrogens (tertiary/aromatic N) is 1. The standard InChI is InChI=1S/C13H18N2/c1-10(2)13(15-3)9-12(14)11-7-5-4-6-8-11/h4-10H,14H2,1-3H3/b12-9-,15-13?. The van der Waals surface area contributed by atoms with Gasteiger partial charge in [0.25, 0.3) is 0 Å². The highest BCUT2D eigenvalue weighted by Crippen LogP contribution is 2.10. The van der Waals surface area contributed by atoms with Gasteiger partial charge in [0.2, 0.25) is 0 Å². The molecule has 0 fully saturated rings. The van der Waals surface area contributed by atoms with E-state index in [1.165, 1.54) is 0 Å². The van der Waals surface area contributed by atoms with Crippen LogP contribution in [0.1, 0.15) is 19.4 Å². The molecule has 0 saturated carbocycles. The highest BCUT2D eigenvalue weighted by Gasteiger charge is 2.02. The van der Waals surface area contributed by atoms with Crippen LogP contribution < -0.4 is 5.73 Å². The first kappa shape index (κ1) is 11.5. The first-order valence-corrected chi connectivity index (χ1v) is 5.14. The Bertz CT molecular complexity index is 361. The molecule has 0 aliphatic carbocycles. The maximum Gasteiger partial charge on any atom is 0.0405 e. The van der Waals surface area contributed by atoms with E-state index in [0.29, 0.717) is 5.92 Å². The van der Waals surface area contributed by atoms with Gasteiger partial charge in [-0.25, -0.2) is 0 Å². The Balaban J connectivity index is 2.94. The van der Waals surface area contributed by atoms with Crippen LogP contribution in [0.5, 0.6) is 0 Å². The summed E-state index contributed by atoms with van der Waals surface area (Å²) in [4.78, 5) is 4.21. The van der Waals surface area contributed by atoms with Crippen LogP contribution in [0.2, 0.25) is 0 Å². The molecule has 0 radical (unpaired) electrons. The number of hydrogen-bond donors (Lipinski definition) is 1. The maximum absolute atomic E-state index is 5.99. The van der Waals surface area contributed by atoms with Gasteiger partial charge < -0.3 is 5.73 Å². The van der Waals surface area contributed by atoms with Gasteiger partial charge in [0, 0.05) is 18.5 Å². The molecule has 0 aliphatic heterocycles. The van der Waals surface area contributed by atoms with Gasteiger partial charge in [-0.05, 0) is 17.6 Å². The van der Waals surface area contributed by atoms with Crippen LogP contribution in [-0.2, 0) is 0 Å². The monoisotopic (exact) mass is 202 g/mol. The minimum Gasteiger partial charge on any atom is -0.398 e. The van der Waals surface area contributed by atoms with Crippen molar-refractivity contribution >= 4 is 11.4 Å². The molecule has 80 valence electrons. The number of nitrogens with two attached hydrogens (primary N) is 1. The van der Waals surface area contributed by atoms with E-state index in [4.69, 9.17) is 5.73 Å². The second-order valence-electron chi connectivity index (χ2n) is 3.77. The molecular formula is C13H18N2. The lowest BCUT2D eigenvalue weighted by Crippen LogP contribution is -2.07. The third kappa shape index (κ3) is 3.24. The first-order valence-electron chi connectivity index (χ1n) is 5.14. The Morgan fingerprint density at radius 1 is 1.27 bits per heavy atom. The molecule has 1 rings (SSSR count). The molecule has 0 aliphatic rings. The van der Waals surface area contributed by atoms with E-state index >= 15 is 0 Å². The number of aliphatic imine (C=N–C) groups is 1. The molecule has 2 nitrogen and oxygen atoms in total. The summed E-state index contributed by atoms with van der Waals surface area (Å²) in [6.07, 6.45) is 1.94. The number of benzene rings is 1. The van der Waals surface area contributed by atoms with Crippen LogP contribution in [0.3, 0.4) is 0 Å². The van der Waals surface area contributed by atoms with Crippen LogP contribution in [-0.4, -0.2) is 12.8 Å². The number of rotatable bonds is 3. The van der Waals surface area contributed by atoms with E-state index < -0.39 is 0 Å². The Kier molecular flexibility index (Phi) is 4.10. The molecular weight excluding hydrogens is 184 g/mol. The fourth-order valence-corrected chi connectivity index (χ4v) is 1.36. The SMILES string of the molecule is CN=C(/C=C(\N)c1ccccc1)C(C)C. The smallest absolute Gasteiger partial charge is 0.0405 e. The molecule has 0 atom stereocenters. The van der Waals surface area contributed by atoms with Crippen LogP contribution in [0.4, 0.5) is 0 Å². The molecule has 2 heteroatoms. The minimum absolute atomic E-state index is 0.400. The van der Waals surface area contributed by atoms with E-state index in [1.54, 1.807) is 7.05 Å². The molecule has 0 saturated heterocycles. The van der Waals surface area contributed by atoms with Crippen molar-refractivity contribution in [2.75, 3.05) is 7.05 Å². The van der Waals surface area contributed by atoms with E-state index in [9.17, 15) is 0 Å². The van der Waals surface area contributed by atoms with Crippen molar-refractivity contribution < 1.29 is 0 Å². The largest absolute Gasteiger partial charge is 0.398 e. The van der Waals surface area contributed by atoms with Crippen molar-refractivity contribution in [2.24, 2.45) is 16.6 Å². The second-order valence-corrected chi connectivity index (χ2v) is 3.77. The molecule has 1 aromatic carbocycles. The summed E-state index contributed by atoms with van der Waals surface area (Å²) in [5, 5.41) is 0. The Morgan fingerprint density at radius 3 is 2.33 bits per heavy atom. The van der Waals surface area contributed by atoms with Gasteiger partial charge in [-0.15, -0.1) is 0 Å². The van der Waals surface area contributed by atoms with E-state index in [2.05, 4.69) is 18.8 Å². The van der Waals surface area contributed by atoms with Crippen molar-refractivity contribution in [3.8, 4) is 0 Å². The van der Waals surface area contributed by atoms with E-state index in [0.717, 1.165) is 17.0 Å². The third-order valence-electron chi connectivity index (χ3n) is 2.26. The van der Waals surface area contributed by atoms with Crippen LogP contribution in [0, 0.1) is 5.92 Å². The van der Waals surface area contributed by atoms with Crippen molar-refractivity contribution in [3.05, 3.63) is 42.0 Å². The zero-order valence-electron chi connectivity index (χ0n) is 9.57. The predicted molar refractivity (Wildman–Crippen MR) is 66.8 cm³/mol. The average molecular weight is 202 g/mol. The fourth-order valence-electron chi connectivity index (χ4n) is 1.36. The summed E-state index contributed by atoms with van der Waals surface area (Å²) in [6, 6.07) is 9.94. The minimum atomic E-state index is 0.400. The predicted octanol–water partition coefficient (Wildman–Crippen LogP) is 2.71. The van der Waals surface area contributed by atoms with Crippen molar-refractivity contribution in [1.29, 1.82) is 0 Å². The Morgan fingerprint density at radius 2 is 1.87 bits per heavy atom.